The average molecular weight is 742 g/mol. The van der Waals surface area contributed by atoms with Crippen molar-refractivity contribution in [2.24, 2.45) is 0 Å². The van der Waals surface area contributed by atoms with Crippen molar-refractivity contribution in [1.29, 1.82) is 0 Å². The molecule has 5 amide bonds. The highest BCUT2D eigenvalue weighted by Crippen LogP contribution is 2.32. The molecule has 0 spiro atoms. The Bertz CT molecular complexity index is 1460. The number of piperidine rings is 1. The van der Waals surface area contributed by atoms with Crippen molar-refractivity contribution in [2.45, 2.75) is 51.2 Å². The standard InChI is InChI=1S/C38H51N3O12/c42-33(39-31-11-7-10-30-35(31)38(46)41(37(30)45)32-13-14-34(43)40-36(32)44)12-5-2-6-15-47-16-17-48-18-19-49-20-21-50-22-23-51-24-25-52-26-27-53-28-29-8-3-1-4-9-29/h1,3-4,7-11,32H,2,5-6,12-28H2,(H,39,42)(H,40,43,44). The van der Waals surface area contributed by atoms with Gasteiger partial charge in [-0.3, -0.25) is 34.2 Å². The first-order valence-corrected chi connectivity index (χ1v) is 18.2. The fourth-order valence-corrected chi connectivity index (χ4v) is 5.58. The molecule has 2 aromatic carbocycles. The average Bonchev–Trinajstić information content (AvgIpc) is 3.41. The van der Waals surface area contributed by atoms with Crippen LogP contribution in [0, 0.1) is 0 Å². The van der Waals surface area contributed by atoms with Crippen LogP contribution in [0.3, 0.4) is 0 Å². The van der Waals surface area contributed by atoms with Gasteiger partial charge in [-0.15, -0.1) is 0 Å². The molecule has 2 aliphatic heterocycles. The van der Waals surface area contributed by atoms with Crippen molar-refractivity contribution in [3.8, 4) is 0 Å². The molecule has 1 saturated heterocycles. The number of ether oxygens (including phenoxy) is 7. The van der Waals surface area contributed by atoms with E-state index in [1.165, 1.54) is 6.07 Å². The van der Waals surface area contributed by atoms with Crippen LogP contribution in [0.1, 0.15) is 64.8 Å². The molecule has 0 aliphatic carbocycles. The minimum absolute atomic E-state index is 0.0310. The molecular formula is C38H51N3O12. The molecule has 2 aromatic rings. The Morgan fingerprint density at radius 3 is 1.79 bits per heavy atom. The van der Waals surface area contributed by atoms with E-state index in [0.29, 0.717) is 98.9 Å². The first-order chi connectivity index (χ1) is 26.0. The van der Waals surface area contributed by atoms with Gasteiger partial charge in [-0.1, -0.05) is 42.8 Å². The molecule has 0 radical (unpaired) electrons. The van der Waals surface area contributed by atoms with E-state index in [-0.39, 0.29) is 42.0 Å². The second kappa shape index (κ2) is 24.3. The molecule has 1 atom stereocenters. The molecule has 0 aromatic heterocycles. The summed E-state index contributed by atoms with van der Waals surface area (Å²) in [5.41, 5.74) is 1.53. The molecule has 2 heterocycles. The number of amides is 5. The Kier molecular flexibility index (Phi) is 19.1. The summed E-state index contributed by atoms with van der Waals surface area (Å²) in [6.07, 6.45) is 2.48. The lowest BCUT2D eigenvalue weighted by molar-refractivity contribution is -0.136. The van der Waals surface area contributed by atoms with Crippen LogP contribution in [0.2, 0.25) is 0 Å². The largest absolute Gasteiger partial charge is 0.379 e. The smallest absolute Gasteiger partial charge is 0.264 e. The summed E-state index contributed by atoms with van der Waals surface area (Å²) in [5, 5.41) is 4.91. The Morgan fingerprint density at radius 2 is 1.21 bits per heavy atom. The summed E-state index contributed by atoms with van der Waals surface area (Å²) in [4.78, 5) is 63.5. The number of rotatable bonds is 28. The summed E-state index contributed by atoms with van der Waals surface area (Å²) in [6.45, 7) is 6.96. The van der Waals surface area contributed by atoms with E-state index in [1.54, 1.807) is 12.1 Å². The Balaban J connectivity index is 0.892. The number of fused-ring (bicyclic) bond motifs is 1. The van der Waals surface area contributed by atoms with Crippen molar-refractivity contribution >= 4 is 35.2 Å². The van der Waals surface area contributed by atoms with Crippen molar-refractivity contribution in [3.63, 3.8) is 0 Å². The molecule has 1 unspecified atom stereocenters. The highest BCUT2D eigenvalue weighted by atomic mass is 16.6. The molecule has 290 valence electrons. The maximum absolute atomic E-state index is 13.2. The van der Waals surface area contributed by atoms with Gasteiger partial charge in [-0.05, 0) is 37.0 Å². The fraction of sp³-hybridized carbons (Fsp3) is 0.553. The third-order valence-corrected chi connectivity index (χ3v) is 8.28. The van der Waals surface area contributed by atoms with E-state index in [1.807, 2.05) is 30.3 Å². The highest BCUT2D eigenvalue weighted by Gasteiger charge is 2.45. The normalized spacial score (nSPS) is 15.5. The van der Waals surface area contributed by atoms with Gasteiger partial charge in [0.1, 0.15) is 6.04 Å². The number of carbonyl (C=O) groups is 5. The van der Waals surface area contributed by atoms with Crippen LogP contribution in [-0.4, -0.2) is 126 Å². The first-order valence-electron chi connectivity index (χ1n) is 18.2. The van der Waals surface area contributed by atoms with Crippen molar-refractivity contribution < 1.29 is 57.1 Å². The Hall–Kier alpha value is -4.09. The number of nitrogens with one attached hydrogen (secondary N) is 2. The van der Waals surface area contributed by atoms with Crippen LogP contribution in [0.4, 0.5) is 5.69 Å². The quantitative estimate of drug-likeness (QED) is 0.0965. The number of carbonyl (C=O) groups excluding carboxylic acids is 5. The minimum atomic E-state index is -1.07. The number of hydrogen-bond acceptors (Lipinski definition) is 12. The van der Waals surface area contributed by atoms with Crippen LogP contribution in [-0.2, 0) is 54.1 Å². The first kappa shape index (κ1) is 41.7. The van der Waals surface area contributed by atoms with E-state index in [4.69, 9.17) is 33.2 Å². The van der Waals surface area contributed by atoms with Gasteiger partial charge in [-0.25, -0.2) is 0 Å². The van der Waals surface area contributed by atoms with E-state index in [0.717, 1.165) is 23.3 Å². The summed E-state index contributed by atoms with van der Waals surface area (Å²) < 4.78 is 38.6. The summed E-state index contributed by atoms with van der Waals surface area (Å²) >= 11 is 0. The second-order valence-electron chi connectivity index (χ2n) is 12.2. The van der Waals surface area contributed by atoms with Gasteiger partial charge >= 0.3 is 0 Å². The van der Waals surface area contributed by atoms with Crippen molar-refractivity contribution in [1.82, 2.24) is 10.2 Å². The molecule has 15 nitrogen and oxygen atoms in total. The van der Waals surface area contributed by atoms with Gasteiger partial charge < -0.3 is 38.5 Å². The summed E-state index contributed by atoms with van der Waals surface area (Å²) in [7, 11) is 0. The fourth-order valence-electron chi connectivity index (χ4n) is 5.58. The van der Waals surface area contributed by atoms with Gasteiger partial charge in [0.05, 0.1) is 103 Å². The number of imide groups is 2. The molecular weight excluding hydrogens is 690 g/mol. The molecule has 2 N–H and O–H groups in total. The zero-order valence-corrected chi connectivity index (χ0v) is 30.2. The SMILES string of the molecule is O=C1CCC(N2C(=O)c3cccc(NC(=O)CCCCCOCCOCCOCCOCCOCCOCCOCc4ccccc4)c3C2=O)C(=O)N1. The number of benzene rings is 2. The number of anilines is 1. The van der Waals surface area contributed by atoms with Crippen LogP contribution >= 0.6 is 0 Å². The summed E-state index contributed by atoms with van der Waals surface area (Å²) in [6, 6.07) is 13.6. The Labute approximate surface area is 309 Å². The lowest BCUT2D eigenvalue weighted by Gasteiger charge is -2.27. The van der Waals surface area contributed by atoms with Gasteiger partial charge in [0.25, 0.3) is 11.8 Å². The van der Waals surface area contributed by atoms with Gasteiger partial charge in [0.2, 0.25) is 17.7 Å². The second-order valence-corrected chi connectivity index (χ2v) is 12.2. The molecule has 2 aliphatic rings. The van der Waals surface area contributed by atoms with E-state index in [9.17, 15) is 24.0 Å². The van der Waals surface area contributed by atoms with Crippen molar-refractivity contribution in [2.75, 3.05) is 91.2 Å². The molecule has 53 heavy (non-hydrogen) atoms. The van der Waals surface area contributed by atoms with Gasteiger partial charge in [-0.2, -0.15) is 0 Å². The Morgan fingerprint density at radius 1 is 0.642 bits per heavy atom. The number of unbranched alkanes of at least 4 members (excludes halogenated alkanes) is 2. The molecule has 0 bridgehead atoms. The lowest BCUT2D eigenvalue weighted by Crippen LogP contribution is -2.54. The van der Waals surface area contributed by atoms with Crippen molar-refractivity contribution in [3.05, 3.63) is 65.2 Å². The van der Waals surface area contributed by atoms with Crippen LogP contribution in [0.15, 0.2) is 48.5 Å². The topological polar surface area (TPSA) is 177 Å². The minimum Gasteiger partial charge on any atom is -0.379 e. The van der Waals surface area contributed by atoms with E-state index in [2.05, 4.69) is 10.6 Å². The van der Waals surface area contributed by atoms with Crippen LogP contribution in [0.5, 0.6) is 0 Å². The zero-order chi connectivity index (χ0) is 37.5. The zero-order valence-electron chi connectivity index (χ0n) is 30.2. The maximum Gasteiger partial charge on any atom is 0.264 e. The predicted molar refractivity (Wildman–Crippen MR) is 191 cm³/mol. The summed E-state index contributed by atoms with van der Waals surface area (Å²) in [5.74, 6) is -2.70. The third kappa shape index (κ3) is 14.7. The molecule has 0 saturated carbocycles. The number of hydrogen-bond donors (Lipinski definition) is 2. The van der Waals surface area contributed by atoms with E-state index >= 15 is 0 Å². The third-order valence-electron chi connectivity index (χ3n) is 8.28. The van der Waals surface area contributed by atoms with Crippen LogP contribution in [0.25, 0.3) is 0 Å². The van der Waals surface area contributed by atoms with Gasteiger partial charge in [0, 0.05) is 19.4 Å². The molecule has 1 fully saturated rings. The highest BCUT2D eigenvalue weighted by molar-refractivity contribution is 6.26. The van der Waals surface area contributed by atoms with E-state index < -0.39 is 29.7 Å². The molecule has 4 rings (SSSR count). The maximum atomic E-state index is 13.2. The monoisotopic (exact) mass is 741 g/mol. The predicted octanol–water partition coefficient (Wildman–Crippen LogP) is 2.90. The lowest BCUT2D eigenvalue weighted by atomic mass is 10.0. The van der Waals surface area contributed by atoms with Crippen LogP contribution < -0.4 is 10.6 Å². The van der Waals surface area contributed by atoms with Gasteiger partial charge in [0.15, 0.2) is 0 Å². The number of nitrogens with zero attached hydrogens (tertiary/aromatic N) is 1. The molecule has 15 heteroatoms.